The molecule has 1 N–H and O–H groups in total. The Kier molecular flexibility index (Phi) is 6.62. The lowest BCUT2D eigenvalue weighted by Crippen LogP contribution is -2.32. The summed E-state index contributed by atoms with van der Waals surface area (Å²) in [5, 5.41) is 10.2. The van der Waals surface area contributed by atoms with Gasteiger partial charge in [0.1, 0.15) is 6.61 Å². The van der Waals surface area contributed by atoms with Gasteiger partial charge in [0.15, 0.2) is 6.29 Å². The molecule has 2 aromatic carbocycles. The van der Waals surface area contributed by atoms with Gasteiger partial charge in [0, 0.05) is 18.9 Å². The van der Waals surface area contributed by atoms with Crippen molar-refractivity contribution < 1.29 is 24.1 Å². The molecule has 0 aromatic heterocycles. The predicted molar refractivity (Wildman–Crippen MR) is 114 cm³/mol. The zero-order chi connectivity index (χ0) is 20.9. The molecule has 2 aliphatic rings. The molecule has 1 saturated heterocycles. The summed E-state index contributed by atoms with van der Waals surface area (Å²) in [6.45, 7) is 4.82. The Bertz CT molecular complexity index is 855. The molecule has 4 atom stereocenters. The largest absolute Gasteiger partial charge is 0.461 e. The summed E-state index contributed by atoms with van der Waals surface area (Å²) in [4.78, 5) is 12.6. The second-order valence-electron chi connectivity index (χ2n) is 7.95. The van der Waals surface area contributed by atoms with Crippen LogP contribution >= 0.6 is 0 Å². The van der Waals surface area contributed by atoms with Crippen molar-refractivity contribution in [1.29, 1.82) is 0 Å². The van der Waals surface area contributed by atoms with E-state index in [9.17, 15) is 9.90 Å². The van der Waals surface area contributed by atoms with E-state index in [1.165, 1.54) is 0 Å². The molecule has 0 radical (unpaired) electrons. The number of carbonyl (C=O) groups excluding carboxylic acids is 1. The highest BCUT2D eigenvalue weighted by atomic mass is 16.7. The third-order valence-electron chi connectivity index (χ3n) is 5.89. The van der Waals surface area contributed by atoms with Gasteiger partial charge < -0.3 is 19.3 Å². The molecule has 30 heavy (non-hydrogen) atoms. The van der Waals surface area contributed by atoms with Gasteiger partial charge in [-0.3, -0.25) is 0 Å². The van der Waals surface area contributed by atoms with Gasteiger partial charge in [-0.15, -0.1) is 0 Å². The quantitative estimate of drug-likeness (QED) is 0.568. The van der Waals surface area contributed by atoms with Gasteiger partial charge in [0.25, 0.3) is 0 Å². The maximum atomic E-state index is 12.6. The number of aliphatic hydroxyl groups is 1. The van der Waals surface area contributed by atoms with Gasteiger partial charge in [-0.1, -0.05) is 49.0 Å². The summed E-state index contributed by atoms with van der Waals surface area (Å²) >= 11 is 0. The molecule has 0 amide bonds. The Balaban J connectivity index is 1.36. The SMILES string of the molecule is C=C1[C@H](O)C[C@H](OC2CCCCO2)[C@H]1COC(=O)c1ccc(-c2ccccc2)cc1. The maximum Gasteiger partial charge on any atom is 0.338 e. The molecule has 2 fully saturated rings. The minimum absolute atomic E-state index is 0.131. The van der Waals surface area contributed by atoms with Crippen LogP contribution in [0.3, 0.4) is 0 Å². The van der Waals surface area contributed by atoms with Crippen molar-refractivity contribution in [1.82, 2.24) is 0 Å². The molecule has 4 rings (SSSR count). The molecule has 1 saturated carbocycles. The number of esters is 1. The molecular formula is C25H28O5. The van der Waals surface area contributed by atoms with Gasteiger partial charge in [-0.05, 0) is 48.1 Å². The van der Waals surface area contributed by atoms with Crippen molar-refractivity contribution in [3.8, 4) is 11.1 Å². The lowest BCUT2D eigenvalue weighted by molar-refractivity contribution is -0.195. The molecule has 2 aromatic rings. The lowest BCUT2D eigenvalue weighted by atomic mass is 10.0. The van der Waals surface area contributed by atoms with E-state index in [1.807, 2.05) is 42.5 Å². The summed E-state index contributed by atoms with van der Waals surface area (Å²) in [5.41, 5.74) is 3.29. The smallest absolute Gasteiger partial charge is 0.338 e. The van der Waals surface area contributed by atoms with Crippen LogP contribution in [-0.4, -0.2) is 42.8 Å². The molecule has 5 heteroatoms. The van der Waals surface area contributed by atoms with Gasteiger partial charge in [0.2, 0.25) is 0 Å². The summed E-state index contributed by atoms with van der Waals surface area (Å²) in [5.74, 6) is -0.630. The topological polar surface area (TPSA) is 65.0 Å². The molecule has 5 nitrogen and oxygen atoms in total. The summed E-state index contributed by atoms with van der Waals surface area (Å²) in [6, 6.07) is 17.4. The molecule has 0 bridgehead atoms. The Morgan fingerprint density at radius 1 is 1.07 bits per heavy atom. The second-order valence-corrected chi connectivity index (χ2v) is 7.95. The molecular weight excluding hydrogens is 380 g/mol. The van der Waals surface area contributed by atoms with Gasteiger partial charge in [0.05, 0.1) is 17.8 Å². The fraction of sp³-hybridized carbons (Fsp3) is 0.400. The van der Waals surface area contributed by atoms with Crippen LogP contribution in [-0.2, 0) is 14.2 Å². The number of carbonyl (C=O) groups is 1. The summed E-state index contributed by atoms with van der Waals surface area (Å²) in [7, 11) is 0. The fourth-order valence-electron chi connectivity index (χ4n) is 4.08. The Labute approximate surface area is 177 Å². The molecule has 1 unspecified atom stereocenters. The number of ether oxygens (including phenoxy) is 3. The third kappa shape index (κ3) is 4.81. The van der Waals surface area contributed by atoms with Crippen LogP contribution in [0.2, 0.25) is 0 Å². The highest BCUT2D eigenvalue weighted by Crippen LogP contribution is 2.35. The maximum absolute atomic E-state index is 12.6. The first kappa shape index (κ1) is 20.8. The van der Waals surface area contributed by atoms with Crippen molar-refractivity contribution in [3.63, 3.8) is 0 Å². The molecule has 1 aliphatic heterocycles. The lowest BCUT2D eigenvalue weighted by Gasteiger charge is -2.28. The normalized spacial score (nSPS) is 26.5. The van der Waals surface area contributed by atoms with Crippen LogP contribution in [0.5, 0.6) is 0 Å². The van der Waals surface area contributed by atoms with E-state index in [0.29, 0.717) is 24.2 Å². The Hall–Kier alpha value is -2.47. The average molecular weight is 408 g/mol. The van der Waals surface area contributed by atoms with Crippen molar-refractivity contribution >= 4 is 5.97 Å². The number of hydrogen-bond donors (Lipinski definition) is 1. The van der Waals surface area contributed by atoms with Crippen molar-refractivity contribution in [2.24, 2.45) is 5.92 Å². The van der Waals surface area contributed by atoms with Crippen LogP contribution in [0, 0.1) is 5.92 Å². The number of rotatable bonds is 6. The van der Waals surface area contributed by atoms with Gasteiger partial charge >= 0.3 is 5.97 Å². The number of benzene rings is 2. The van der Waals surface area contributed by atoms with Gasteiger partial charge in [-0.25, -0.2) is 4.79 Å². The average Bonchev–Trinajstić information content (AvgIpc) is 3.06. The van der Waals surface area contributed by atoms with E-state index < -0.39 is 12.1 Å². The van der Waals surface area contributed by atoms with E-state index in [2.05, 4.69) is 6.58 Å². The molecule has 158 valence electrons. The van der Waals surface area contributed by atoms with Crippen molar-refractivity contribution in [2.75, 3.05) is 13.2 Å². The first-order chi connectivity index (χ1) is 14.6. The standard InChI is InChI=1S/C25H28O5/c1-17-21(23(15-22(17)26)30-24-9-5-6-14-28-24)16-29-25(27)20-12-10-19(11-13-20)18-7-3-2-4-8-18/h2-4,7-8,10-13,21-24,26H,1,5-6,9,14-16H2/t21-,22+,23-,24?/m0/s1. The minimum atomic E-state index is -0.646. The number of aliphatic hydroxyl groups excluding tert-OH is 1. The molecule has 1 heterocycles. The van der Waals surface area contributed by atoms with E-state index in [0.717, 1.165) is 30.4 Å². The van der Waals surface area contributed by atoms with E-state index in [1.54, 1.807) is 12.1 Å². The monoisotopic (exact) mass is 408 g/mol. The minimum Gasteiger partial charge on any atom is -0.461 e. The second kappa shape index (κ2) is 9.56. The zero-order valence-corrected chi connectivity index (χ0v) is 17.0. The first-order valence-electron chi connectivity index (χ1n) is 10.6. The van der Waals surface area contributed by atoms with Crippen LogP contribution in [0.25, 0.3) is 11.1 Å². The van der Waals surface area contributed by atoms with Crippen molar-refractivity contribution in [3.05, 3.63) is 72.3 Å². The van der Waals surface area contributed by atoms with E-state index in [-0.39, 0.29) is 24.9 Å². The van der Waals surface area contributed by atoms with Crippen LogP contribution in [0.1, 0.15) is 36.0 Å². The highest BCUT2D eigenvalue weighted by molar-refractivity contribution is 5.90. The Morgan fingerprint density at radius 2 is 1.80 bits per heavy atom. The van der Waals surface area contributed by atoms with E-state index >= 15 is 0 Å². The van der Waals surface area contributed by atoms with Crippen LogP contribution in [0.15, 0.2) is 66.7 Å². The number of hydrogen-bond acceptors (Lipinski definition) is 5. The first-order valence-corrected chi connectivity index (χ1v) is 10.6. The third-order valence-corrected chi connectivity index (χ3v) is 5.89. The zero-order valence-electron chi connectivity index (χ0n) is 17.0. The van der Waals surface area contributed by atoms with Crippen LogP contribution in [0.4, 0.5) is 0 Å². The summed E-state index contributed by atoms with van der Waals surface area (Å²) < 4.78 is 17.3. The van der Waals surface area contributed by atoms with Crippen molar-refractivity contribution in [2.45, 2.75) is 44.2 Å². The van der Waals surface area contributed by atoms with Crippen LogP contribution < -0.4 is 0 Å². The summed E-state index contributed by atoms with van der Waals surface area (Å²) in [6.07, 6.45) is 2.25. The van der Waals surface area contributed by atoms with E-state index in [4.69, 9.17) is 14.2 Å². The molecule has 1 aliphatic carbocycles. The predicted octanol–water partition coefficient (Wildman–Crippen LogP) is 4.36. The highest BCUT2D eigenvalue weighted by Gasteiger charge is 2.40. The molecule has 0 spiro atoms. The Morgan fingerprint density at radius 3 is 2.50 bits per heavy atom. The van der Waals surface area contributed by atoms with Gasteiger partial charge in [-0.2, -0.15) is 0 Å². The fourth-order valence-corrected chi connectivity index (χ4v) is 4.08.